The van der Waals surface area contributed by atoms with E-state index in [0.717, 1.165) is 6.20 Å². The molecule has 3 nitrogen and oxygen atoms in total. The lowest BCUT2D eigenvalue weighted by Gasteiger charge is -2.08. The summed E-state index contributed by atoms with van der Waals surface area (Å²) >= 11 is 10.5. The predicted octanol–water partition coefficient (Wildman–Crippen LogP) is 2.63. The van der Waals surface area contributed by atoms with Crippen LogP contribution in [-0.2, 0) is 0 Å². The van der Waals surface area contributed by atoms with E-state index < -0.39 is 28.6 Å². The standard InChI is InChI=1S/C7H4Cl2F2N2O/c8-2-1-13-5(6(9)14)4(12)3(2)7(10)11/h1,7H,12H2. The summed E-state index contributed by atoms with van der Waals surface area (Å²) in [5.74, 6) is 0. The fourth-order valence-electron chi connectivity index (χ4n) is 0.895. The predicted molar refractivity (Wildman–Crippen MR) is 48.8 cm³/mol. The van der Waals surface area contributed by atoms with Crippen molar-refractivity contribution in [3.8, 4) is 0 Å². The van der Waals surface area contributed by atoms with Crippen molar-refractivity contribution in [1.29, 1.82) is 0 Å². The van der Waals surface area contributed by atoms with E-state index in [1.165, 1.54) is 0 Å². The highest BCUT2D eigenvalue weighted by molar-refractivity contribution is 6.68. The fourth-order valence-corrected chi connectivity index (χ4v) is 1.28. The molecule has 1 heterocycles. The maximum atomic E-state index is 12.4. The van der Waals surface area contributed by atoms with Crippen LogP contribution in [0.3, 0.4) is 0 Å². The van der Waals surface area contributed by atoms with Crippen molar-refractivity contribution in [2.75, 3.05) is 5.73 Å². The molecule has 14 heavy (non-hydrogen) atoms. The first kappa shape index (κ1) is 11.1. The quantitative estimate of drug-likeness (QED) is 0.809. The first-order valence-corrected chi connectivity index (χ1v) is 4.12. The van der Waals surface area contributed by atoms with Gasteiger partial charge in [0.05, 0.1) is 16.3 Å². The molecule has 0 fully saturated rings. The Morgan fingerprint density at radius 2 is 2.14 bits per heavy atom. The summed E-state index contributed by atoms with van der Waals surface area (Å²) in [5, 5.41) is -1.29. The number of aromatic nitrogens is 1. The molecule has 0 atom stereocenters. The maximum absolute atomic E-state index is 12.4. The maximum Gasteiger partial charge on any atom is 0.272 e. The Morgan fingerprint density at radius 3 is 2.57 bits per heavy atom. The van der Waals surface area contributed by atoms with Gasteiger partial charge in [0.15, 0.2) is 0 Å². The average molecular weight is 241 g/mol. The van der Waals surface area contributed by atoms with E-state index in [9.17, 15) is 13.6 Å². The second kappa shape index (κ2) is 4.06. The van der Waals surface area contributed by atoms with Crippen molar-refractivity contribution in [3.05, 3.63) is 22.5 Å². The number of nitrogens with zero attached hydrogens (tertiary/aromatic N) is 1. The lowest BCUT2D eigenvalue weighted by molar-refractivity contribution is 0.107. The van der Waals surface area contributed by atoms with Gasteiger partial charge in [-0.05, 0) is 11.6 Å². The summed E-state index contributed by atoms with van der Waals surface area (Å²) in [6.45, 7) is 0. The molecule has 0 amide bonds. The van der Waals surface area contributed by atoms with Gasteiger partial charge in [-0.15, -0.1) is 0 Å². The van der Waals surface area contributed by atoms with Crippen molar-refractivity contribution in [1.82, 2.24) is 4.98 Å². The van der Waals surface area contributed by atoms with Gasteiger partial charge in [-0.2, -0.15) is 0 Å². The molecule has 0 aliphatic heterocycles. The smallest absolute Gasteiger partial charge is 0.272 e. The molecule has 1 aromatic rings. The van der Waals surface area contributed by atoms with Gasteiger partial charge < -0.3 is 5.73 Å². The Balaban J connectivity index is 3.41. The van der Waals surface area contributed by atoms with Gasteiger partial charge >= 0.3 is 0 Å². The molecule has 1 rings (SSSR count). The highest BCUT2D eigenvalue weighted by Crippen LogP contribution is 2.33. The van der Waals surface area contributed by atoms with Gasteiger partial charge in [0, 0.05) is 6.20 Å². The largest absolute Gasteiger partial charge is 0.396 e. The van der Waals surface area contributed by atoms with Crippen LogP contribution in [-0.4, -0.2) is 10.2 Å². The number of alkyl halides is 2. The SMILES string of the molecule is Nc1c(C(=O)Cl)ncc(Cl)c1C(F)F. The van der Waals surface area contributed by atoms with Crippen LogP contribution < -0.4 is 5.73 Å². The lowest BCUT2D eigenvalue weighted by Crippen LogP contribution is -2.06. The Kier molecular flexibility index (Phi) is 3.23. The number of anilines is 1. The van der Waals surface area contributed by atoms with Crippen molar-refractivity contribution in [2.24, 2.45) is 0 Å². The van der Waals surface area contributed by atoms with E-state index in [4.69, 9.17) is 28.9 Å². The Labute approximate surface area is 87.8 Å². The van der Waals surface area contributed by atoms with Gasteiger partial charge in [0.25, 0.3) is 11.7 Å². The van der Waals surface area contributed by atoms with Gasteiger partial charge in [-0.3, -0.25) is 4.79 Å². The van der Waals surface area contributed by atoms with E-state index in [-0.39, 0.29) is 5.02 Å². The topological polar surface area (TPSA) is 56.0 Å². The van der Waals surface area contributed by atoms with Crippen LogP contribution in [0.25, 0.3) is 0 Å². The van der Waals surface area contributed by atoms with E-state index in [2.05, 4.69) is 4.98 Å². The molecule has 1 aromatic heterocycles. The number of hydrogen-bond acceptors (Lipinski definition) is 3. The van der Waals surface area contributed by atoms with Crippen molar-refractivity contribution >= 4 is 34.1 Å². The lowest BCUT2D eigenvalue weighted by atomic mass is 10.2. The first-order chi connectivity index (χ1) is 6.45. The number of carbonyl (C=O) groups is 1. The normalized spacial score (nSPS) is 10.6. The number of nitrogens with two attached hydrogens (primary N) is 1. The van der Waals surface area contributed by atoms with Gasteiger partial charge in [0.1, 0.15) is 5.69 Å². The minimum Gasteiger partial charge on any atom is -0.396 e. The second-order valence-corrected chi connectivity index (χ2v) is 3.11. The summed E-state index contributed by atoms with van der Waals surface area (Å²) in [5.41, 5.74) is 3.74. The van der Waals surface area contributed by atoms with Crippen LogP contribution in [0.15, 0.2) is 6.20 Å². The van der Waals surface area contributed by atoms with Crippen LogP contribution in [0, 0.1) is 0 Å². The minimum atomic E-state index is -2.87. The Morgan fingerprint density at radius 1 is 1.57 bits per heavy atom. The summed E-state index contributed by atoms with van der Waals surface area (Å²) in [7, 11) is 0. The zero-order valence-electron chi connectivity index (χ0n) is 6.60. The fraction of sp³-hybridized carbons (Fsp3) is 0.143. The molecule has 0 spiro atoms. The van der Waals surface area contributed by atoms with E-state index in [1.807, 2.05) is 0 Å². The third kappa shape index (κ3) is 1.93. The summed E-state index contributed by atoms with van der Waals surface area (Å²) in [6.07, 6.45) is -1.96. The third-order valence-corrected chi connectivity index (χ3v) is 1.99. The van der Waals surface area contributed by atoms with Crippen LogP contribution in [0.2, 0.25) is 5.02 Å². The molecular formula is C7H4Cl2F2N2O. The van der Waals surface area contributed by atoms with E-state index in [1.54, 1.807) is 0 Å². The number of carbonyl (C=O) groups excluding carboxylic acids is 1. The highest BCUT2D eigenvalue weighted by atomic mass is 35.5. The molecule has 0 saturated heterocycles. The van der Waals surface area contributed by atoms with E-state index in [0.29, 0.717) is 0 Å². The van der Waals surface area contributed by atoms with Crippen molar-refractivity contribution < 1.29 is 13.6 Å². The number of nitrogen functional groups attached to an aromatic ring is 1. The Bertz CT molecular complexity index is 384. The van der Waals surface area contributed by atoms with Crippen LogP contribution in [0.4, 0.5) is 14.5 Å². The van der Waals surface area contributed by atoms with Crippen molar-refractivity contribution in [3.63, 3.8) is 0 Å². The van der Waals surface area contributed by atoms with Crippen LogP contribution >= 0.6 is 23.2 Å². The average Bonchev–Trinajstić information content (AvgIpc) is 2.02. The first-order valence-electron chi connectivity index (χ1n) is 3.37. The summed E-state index contributed by atoms with van der Waals surface area (Å²) in [6, 6.07) is 0. The Hall–Kier alpha value is -0.940. The number of halogens is 4. The molecule has 0 radical (unpaired) electrons. The zero-order valence-corrected chi connectivity index (χ0v) is 8.11. The van der Waals surface area contributed by atoms with Crippen molar-refractivity contribution in [2.45, 2.75) is 6.43 Å². The number of rotatable bonds is 2. The molecule has 0 aliphatic carbocycles. The second-order valence-electron chi connectivity index (χ2n) is 2.36. The minimum absolute atomic E-state index is 0.292. The molecular weight excluding hydrogens is 237 g/mol. The van der Waals surface area contributed by atoms with Gasteiger partial charge in [-0.1, -0.05) is 11.6 Å². The van der Waals surface area contributed by atoms with E-state index >= 15 is 0 Å². The summed E-state index contributed by atoms with van der Waals surface area (Å²) in [4.78, 5) is 14.1. The molecule has 0 saturated carbocycles. The molecule has 0 unspecified atom stereocenters. The summed E-state index contributed by atoms with van der Waals surface area (Å²) < 4.78 is 24.8. The zero-order chi connectivity index (χ0) is 10.9. The van der Waals surface area contributed by atoms with Crippen LogP contribution in [0.1, 0.15) is 22.5 Å². The molecule has 7 heteroatoms. The monoisotopic (exact) mass is 240 g/mol. The van der Waals surface area contributed by atoms with Gasteiger partial charge in [0.2, 0.25) is 0 Å². The third-order valence-electron chi connectivity index (χ3n) is 1.51. The molecule has 76 valence electrons. The van der Waals surface area contributed by atoms with Crippen LogP contribution in [0.5, 0.6) is 0 Å². The molecule has 2 N–H and O–H groups in total. The molecule has 0 bridgehead atoms. The molecule has 0 aromatic carbocycles. The number of hydrogen-bond donors (Lipinski definition) is 1. The van der Waals surface area contributed by atoms with Gasteiger partial charge in [-0.25, -0.2) is 13.8 Å². The number of pyridine rings is 1. The highest BCUT2D eigenvalue weighted by Gasteiger charge is 2.21. The molecule has 0 aliphatic rings.